The zero-order valence-electron chi connectivity index (χ0n) is 11.9. The average Bonchev–Trinajstić information content (AvgIpc) is 2.84. The molecular formula is C14H21N3O3. The van der Waals surface area contributed by atoms with E-state index >= 15 is 0 Å². The van der Waals surface area contributed by atoms with Crippen molar-refractivity contribution in [3.63, 3.8) is 0 Å². The normalized spacial score (nSPS) is 18.8. The Kier molecular flexibility index (Phi) is 4.42. The Morgan fingerprint density at radius 2 is 2.35 bits per heavy atom. The molecule has 0 radical (unpaired) electrons. The number of aliphatic carboxylic acids is 1. The first-order valence-electron chi connectivity index (χ1n) is 7.03. The van der Waals surface area contributed by atoms with Crippen molar-refractivity contribution in [1.29, 1.82) is 0 Å². The molecule has 1 saturated heterocycles. The topological polar surface area (TPSA) is 86.3 Å². The van der Waals surface area contributed by atoms with Crippen LogP contribution < -0.4 is 10.5 Å². The molecule has 2 heterocycles. The Morgan fingerprint density at radius 1 is 1.60 bits per heavy atom. The summed E-state index contributed by atoms with van der Waals surface area (Å²) in [7, 11) is 0. The molecule has 6 nitrogen and oxygen atoms in total. The zero-order valence-corrected chi connectivity index (χ0v) is 11.9. The van der Waals surface area contributed by atoms with Crippen molar-refractivity contribution in [3.8, 4) is 0 Å². The number of anilines is 1. The number of nitrogens with zero attached hydrogens (tertiary/aromatic N) is 2. The maximum Gasteiger partial charge on any atom is 0.303 e. The summed E-state index contributed by atoms with van der Waals surface area (Å²) in [5.41, 5.74) is -0.132. The summed E-state index contributed by atoms with van der Waals surface area (Å²) in [5, 5.41) is 8.72. The highest BCUT2D eigenvalue weighted by atomic mass is 16.4. The van der Waals surface area contributed by atoms with Crippen molar-refractivity contribution in [1.82, 2.24) is 9.97 Å². The first-order valence-corrected chi connectivity index (χ1v) is 7.03. The number of aromatic nitrogens is 2. The minimum atomic E-state index is -0.750. The van der Waals surface area contributed by atoms with Gasteiger partial charge in [0, 0.05) is 31.5 Å². The highest BCUT2D eigenvalue weighted by Crippen LogP contribution is 2.25. The van der Waals surface area contributed by atoms with E-state index in [1.807, 2.05) is 13.8 Å². The van der Waals surface area contributed by atoms with Crippen molar-refractivity contribution in [2.75, 3.05) is 18.0 Å². The van der Waals surface area contributed by atoms with Crippen LogP contribution in [0.15, 0.2) is 10.9 Å². The van der Waals surface area contributed by atoms with Crippen LogP contribution in [0.1, 0.15) is 44.9 Å². The second kappa shape index (κ2) is 6.07. The van der Waals surface area contributed by atoms with Crippen LogP contribution in [0.25, 0.3) is 0 Å². The molecular weight excluding hydrogens is 258 g/mol. The first-order chi connectivity index (χ1) is 9.45. The third-order valence-corrected chi connectivity index (χ3v) is 3.67. The molecule has 110 valence electrons. The summed E-state index contributed by atoms with van der Waals surface area (Å²) in [6.45, 7) is 5.59. The van der Waals surface area contributed by atoms with Crippen LogP contribution in [0.4, 0.5) is 5.82 Å². The van der Waals surface area contributed by atoms with E-state index in [9.17, 15) is 9.59 Å². The van der Waals surface area contributed by atoms with Gasteiger partial charge >= 0.3 is 5.97 Å². The number of hydrogen-bond donors (Lipinski definition) is 2. The van der Waals surface area contributed by atoms with Crippen LogP contribution in [-0.2, 0) is 4.79 Å². The van der Waals surface area contributed by atoms with Crippen LogP contribution in [0.3, 0.4) is 0 Å². The van der Waals surface area contributed by atoms with Gasteiger partial charge in [0.15, 0.2) is 0 Å². The Balaban J connectivity index is 2.06. The van der Waals surface area contributed by atoms with Crippen LogP contribution >= 0.6 is 0 Å². The fourth-order valence-electron chi connectivity index (χ4n) is 2.50. The highest BCUT2D eigenvalue weighted by molar-refractivity contribution is 5.66. The lowest BCUT2D eigenvalue weighted by atomic mass is 10.0. The van der Waals surface area contributed by atoms with Gasteiger partial charge in [-0.3, -0.25) is 9.59 Å². The third kappa shape index (κ3) is 3.59. The second-order valence-corrected chi connectivity index (χ2v) is 5.68. The van der Waals surface area contributed by atoms with Crippen molar-refractivity contribution in [3.05, 3.63) is 22.2 Å². The summed E-state index contributed by atoms with van der Waals surface area (Å²) >= 11 is 0. The van der Waals surface area contributed by atoms with Gasteiger partial charge in [0.25, 0.3) is 5.56 Å². The Labute approximate surface area is 117 Å². The number of carboxylic acid groups (broad SMARTS) is 1. The lowest BCUT2D eigenvalue weighted by Crippen LogP contribution is -2.24. The summed E-state index contributed by atoms with van der Waals surface area (Å²) < 4.78 is 0. The number of H-pyrrole nitrogens is 1. The van der Waals surface area contributed by atoms with Crippen LogP contribution in [-0.4, -0.2) is 34.1 Å². The smallest absolute Gasteiger partial charge is 0.303 e. The minimum Gasteiger partial charge on any atom is -0.481 e. The fourth-order valence-corrected chi connectivity index (χ4v) is 2.50. The molecule has 0 amide bonds. The second-order valence-electron chi connectivity index (χ2n) is 5.68. The van der Waals surface area contributed by atoms with E-state index < -0.39 is 5.97 Å². The van der Waals surface area contributed by atoms with E-state index in [2.05, 4.69) is 14.9 Å². The van der Waals surface area contributed by atoms with Gasteiger partial charge in [0.05, 0.1) is 0 Å². The van der Waals surface area contributed by atoms with E-state index in [-0.39, 0.29) is 17.9 Å². The molecule has 0 bridgehead atoms. The summed E-state index contributed by atoms with van der Waals surface area (Å²) in [6.07, 6.45) is 1.85. The number of hydrogen-bond acceptors (Lipinski definition) is 4. The van der Waals surface area contributed by atoms with Gasteiger partial charge in [-0.15, -0.1) is 0 Å². The van der Waals surface area contributed by atoms with Crippen molar-refractivity contribution < 1.29 is 9.90 Å². The van der Waals surface area contributed by atoms with Gasteiger partial charge in [-0.2, -0.15) is 0 Å². The molecule has 0 aromatic carbocycles. The SMILES string of the molecule is CC(C)c1nc(N2CCC(CCC(=O)O)C2)cc(=O)[nH]1. The lowest BCUT2D eigenvalue weighted by molar-refractivity contribution is -0.137. The molecule has 1 fully saturated rings. The van der Waals surface area contributed by atoms with E-state index in [0.29, 0.717) is 24.0 Å². The van der Waals surface area contributed by atoms with Gasteiger partial charge in [0.1, 0.15) is 11.6 Å². The molecule has 20 heavy (non-hydrogen) atoms. The molecule has 1 aromatic heterocycles. The number of carboxylic acids is 1. The Bertz CT molecular complexity index is 539. The monoisotopic (exact) mass is 279 g/mol. The molecule has 1 aliphatic heterocycles. The predicted molar refractivity (Wildman–Crippen MR) is 76.1 cm³/mol. The van der Waals surface area contributed by atoms with Gasteiger partial charge in [0.2, 0.25) is 0 Å². The number of nitrogens with one attached hydrogen (secondary N) is 1. The van der Waals surface area contributed by atoms with Crippen LogP contribution in [0.5, 0.6) is 0 Å². The summed E-state index contributed by atoms with van der Waals surface area (Å²) in [6, 6.07) is 1.52. The molecule has 2 rings (SSSR count). The van der Waals surface area contributed by atoms with Gasteiger partial charge in [-0.25, -0.2) is 4.98 Å². The van der Waals surface area contributed by atoms with Crippen molar-refractivity contribution in [2.45, 2.75) is 39.0 Å². The van der Waals surface area contributed by atoms with Gasteiger partial charge < -0.3 is 15.0 Å². The van der Waals surface area contributed by atoms with Crippen LogP contribution in [0.2, 0.25) is 0 Å². The molecule has 0 saturated carbocycles. The molecule has 1 aliphatic rings. The molecule has 1 unspecified atom stereocenters. The summed E-state index contributed by atoms with van der Waals surface area (Å²) in [5.74, 6) is 1.19. The fraction of sp³-hybridized carbons (Fsp3) is 0.643. The van der Waals surface area contributed by atoms with E-state index in [0.717, 1.165) is 19.5 Å². The molecule has 0 aliphatic carbocycles. The summed E-state index contributed by atoms with van der Waals surface area (Å²) in [4.78, 5) is 31.6. The molecule has 1 aromatic rings. The standard InChI is InChI=1S/C14H21N3O3/c1-9(2)14-15-11(7-12(18)16-14)17-6-5-10(8-17)3-4-13(19)20/h7,9-10H,3-6,8H2,1-2H3,(H,19,20)(H,15,16,18). The van der Waals surface area contributed by atoms with Gasteiger partial charge in [-0.1, -0.05) is 13.8 Å². The molecule has 6 heteroatoms. The maximum atomic E-state index is 11.7. The quantitative estimate of drug-likeness (QED) is 0.854. The third-order valence-electron chi connectivity index (χ3n) is 3.67. The maximum absolute atomic E-state index is 11.7. The zero-order chi connectivity index (χ0) is 14.7. The Hall–Kier alpha value is -1.85. The predicted octanol–water partition coefficient (Wildman–Crippen LogP) is 1.58. The average molecular weight is 279 g/mol. The highest BCUT2D eigenvalue weighted by Gasteiger charge is 2.24. The van der Waals surface area contributed by atoms with E-state index in [4.69, 9.17) is 5.11 Å². The minimum absolute atomic E-state index is 0.132. The van der Waals surface area contributed by atoms with E-state index in [1.165, 1.54) is 6.07 Å². The Morgan fingerprint density at radius 3 is 3.00 bits per heavy atom. The lowest BCUT2D eigenvalue weighted by Gasteiger charge is -2.18. The first kappa shape index (κ1) is 14.6. The number of aromatic amines is 1. The van der Waals surface area contributed by atoms with E-state index in [1.54, 1.807) is 0 Å². The molecule has 0 spiro atoms. The number of carbonyl (C=O) groups is 1. The largest absolute Gasteiger partial charge is 0.481 e. The van der Waals surface area contributed by atoms with Crippen molar-refractivity contribution >= 4 is 11.8 Å². The van der Waals surface area contributed by atoms with Crippen molar-refractivity contribution in [2.24, 2.45) is 5.92 Å². The molecule has 1 atom stereocenters. The van der Waals surface area contributed by atoms with Crippen LogP contribution in [0, 0.1) is 5.92 Å². The number of rotatable bonds is 5. The van der Waals surface area contributed by atoms with Gasteiger partial charge in [-0.05, 0) is 18.8 Å². The molecule has 2 N–H and O–H groups in total.